The van der Waals surface area contributed by atoms with Gasteiger partial charge in [0, 0.05) is 13.1 Å². The molecule has 0 fully saturated rings. The summed E-state index contributed by atoms with van der Waals surface area (Å²) in [5.41, 5.74) is 17.2. The van der Waals surface area contributed by atoms with E-state index in [0.717, 1.165) is 4.90 Å². The first-order valence-corrected chi connectivity index (χ1v) is 6.96. The summed E-state index contributed by atoms with van der Waals surface area (Å²) in [6.07, 6.45) is 1.32. The van der Waals surface area contributed by atoms with Gasteiger partial charge in [-0.15, -0.1) is 0 Å². The van der Waals surface area contributed by atoms with Crippen molar-refractivity contribution in [2.75, 3.05) is 31.2 Å². The predicted molar refractivity (Wildman–Crippen MR) is 83.4 cm³/mol. The van der Waals surface area contributed by atoms with Gasteiger partial charge in [0.2, 0.25) is 11.9 Å². The SMILES string of the molecule is NCCN(C(=O)Cn1cnc2c(N)nc(N)nc21)C(CO)C(=O)O. The molecule has 0 spiro atoms. The van der Waals surface area contributed by atoms with Crippen molar-refractivity contribution >= 4 is 34.8 Å². The summed E-state index contributed by atoms with van der Waals surface area (Å²) in [6, 6.07) is -1.39. The van der Waals surface area contributed by atoms with E-state index in [1.807, 2.05) is 0 Å². The van der Waals surface area contributed by atoms with E-state index in [0.29, 0.717) is 0 Å². The molecule has 0 aromatic carbocycles. The van der Waals surface area contributed by atoms with Crippen molar-refractivity contribution in [2.45, 2.75) is 12.6 Å². The third-order valence-corrected chi connectivity index (χ3v) is 3.34. The number of anilines is 2. The highest BCUT2D eigenvalue weighted by Crippen LogP contribution is 2.17. The highest BCUT2D eigenvalue weighted by molar-refractivity contribution is 5.86. The Kier molecular flexibility index (Phi) is 5.11. The number of carbonyl (C=O) groups is 2. The number of hydrogen-bond acceptors (Lipinski definition) is 9. The number of aromatic nitrogens is 4. The Balaban J connectivity index is 2.31. The number of carbonyl (C=O) groups excluding carboxylic acids is 1. The Morgan fingerprint density at radius 3 is 2.62 bits per heavy atom. The minimum Gasteiger partial charge on any atom is -0.480 e. The molecule has 2 rings (SSSR count). The highest BCUT2D eigenvalue weighted by Gasteiger charge is 2.29. The van der Waals surface area contributed by atoms with Gasteiger partial charge in [-0.25, -0.2) is 9.78 Å². The third kappa shape index (κ3) is 3.33. The maximum absolute atomic E-state index is 12.5. The molecule has 0 aliphatic heterocycles. The number of rotatable bonds is 7. The van der Waals surface area contributed by atoms with Crippen LogP contribution < -0.4 is 17.2 Å². The molecular formula is C12H18N8O4. The molecule has 0 bridgehead atoms. The first-order valence-electron chi connectivity index (χ1n) is 6.96. The fraction of sp³-hybridized carbons (Fsp3) is 0.417. The van der Waals surface area contributed by atoms with Crippen molar-refractivity contribution in [3.05, 3.63) is 6.33 Å². The highest BCUT2D eigenvalue weighted by atomic mass is 16.4. The van der Waals surface area contributed by atoms with Gasteiger partial charge in [0.05, 0.1) is 12.9 Å². The number of nitrogens with zero attached hydrogens (tertiary/aromatic N) is 5. The van der Waals surface area contributed by atoms with Crippen LogP contribution >= 0.6 is 0 Å². The summed E-state index contributed by atoms with van der Waals surface area (Å²) >= 11 is 0. The lowest BCUT2D eigenvalue weighted by Crippen LogP contribution is -2.50. The third-order valence-electron chi connectivity index (χ3n) is 3.34. The Bertz CT molecular complexity index is 761. The first-order chi connectivity index (χ1) is 11.4. The molecule has 1 atom stereocenters. The first kappa shape index (κ1) is 17.4. The van der Waals surface area contributed by atoms with Gasteiger partial charge in [-0.2, -0.15) is 9.97 Å². The number of fused-ring (bicyclic) bond motifs is 1. The molecule has 130 valence electrons. The van der Waals surface area contributed by atoms with Crippen LogP contribution in [0, 0.1) is 0 Å². The number of aliphatic hydroxyl groups excluding tert-OH is 1. The zero-order chi connectivity index (χ0) is 17.9. The van der Waals surface area contributed by atoms with E-state index < -0.39 is 24.5 Å². The lowest BCUT2D eigenvalue weighted by molar-refractivity contribution is -0.152. The number of aliphatic carboxylic acids is 1. The average molecular weight is 338 g/mol. The fourth-order valence-corrected chi connectivity index (χ4v) is 2.24. The van der Waals surface area contributed by atoms with E-state index in [4.69, 9.17) is 22.3 Å². The van der Waals surface area contributed by atoms with Gasteiger partial charge in [-0.05, 0) is 0 Å². The Hall–Kier alpha value is -2.99. The standard InChI is InChI=1S/C12H18N8O4/c13-1-2-20(6(4-21)11(23)24)7(22)3-19-5-16-8-9(14)17-12(15)18-10(8)19/h5-6,21H,1-4,13H2,(H,23,24)(H4,14,15,17,18). The number of imidazole rings is 1. The Labute approximate surface area is 135 Å². The van der Waals surface area contributed by atoms with Gasteiger partial charge in [0.1, 0.15) is 12.1 Å². The van der Waals surface area contributed by atoms with Crippen LogP contribution in [0.3, 0.4) is 0 Å². The Morgan fingerprint density at radius 2 is 2.04 bits per heavy atom. The number of amides is 1. The van der Waals surface area contributed by atoms with Crippen molar-refractivity contribution < 1.29 is 19.8 Å². The van der Waals surface area contributed by atoms with Crippen LogP contribution in [-0.2, 0) is 16.1 Å². The second kappa shape index (κ2) is 7.06. The van der Waals surface area contributed by atoms with Crippen LogP contribution in [0.1, 0.15) is 0 Å². The quantitative estimate of drug-likeness (QED) is 0.351. The molecular weight excluding hydrogens is 320 g/mol. The summed E-state index contributed by atoms with van der Waals surface area (Å²) in [5.74, 6) is -1.91. The molecule has 2 aromatic rings. The molecule has 0 aliphatic carbocycles. The summed E-state index contributed by atoms with van der Waals surface area (Å²) in [5, 5.41) is 18.3. The number of aliphatic hydroxyl groups is 1. The summed E-state index contributed by atoms with van der Waals surface area (Å²) in [4.78, 5) is 36.4. The van der Waals surface area contributed by atoms with Crippen LogP contribution in [0.15, 0.2) is 6.33 Å². The van der Waals surface area contributed by atoms with E-state index in [-0.39, 0.29) is 42.6 Å². The predicted octanol–water partition coefficient (Wildman–Crippen LogP) is -2.78. The van der Waals surface area contributed by atoms with E-state index in [2.05, 4.69) is 15.0 Å². The maximum atomic E-state index is 12.5. The molecule has 0 aliphatic rings. The van der Waals surface area contributed by atoms with E-state index in [9.17, 15) is 14.7 Å². The molecule has 1 amide bonds. The molecule has 0 saturated carbocycles. The molecule has 12 nitrogen and oxygen atoms in total. The minimum absolute atomic E-state index is 0.0255. The van der Waals surface area contributed by atoms with Gasteiger partial charge in [0.15, 0.2) is 17.5 Å². The molecule has 12 heteroatoms. The minimum atomic E-state index is -1.39. The van der Waals surface area contributed by atoms with E-state index in [1.54, 1.807) is 0 Å². The summed E-state index contributed by atoms with van der Waals surface area (Å²) in [7, 11) is 0. The van der Waals surface area contributed by atoms with Crippen molar-refractivity contribution in [1.29, 1.82) is 0 Å². The largest absolute Gasteiger partial charge is 0.480 e. The molecule has 0 radical (unpaired) electrons. The van der Waals surface area contributed by atoms with Crippen LogP contribution in [-0.4, -0.2) is 72.2 Å². The van der Waals surface area contributed by atoms with Crippen LogP contribution in [0.4, 0.5) is 11.8 Å². The smallest absolute Gasteiger partial charge is 0.328 e. The second-order valence-corrected chi connectivity index (χ2v) is 4.92. The lowest BCUT2D eigenvalue weighted by Gasteiger charge is -2.27. The van der Waals surface area contributed by atoms with Gasteiger partial charge >= 0.3 is 5.97 Å². The molecule has 8 N–H and O–H groups in total. The van der Waals surface area contributed by atoms with E-state index >= 15 is 0 Å². The Morgan fingerprint density at radius 1 is 1.33 bits per heavy atom. The van der Waals surface area contributed by atoms with Crippen LogP contribution in [0.25, 0.3) is 11.2 Å². The van der Waals surface area contributed by atoms with Crippen LogP contribution in [0.5, 0.6) is 0 Å². The lowest BCUT2D eigenvalue weighted by atomic mass is 10.2. The zero-order valence-corrected chi connectivity index (χ0v) is 12.7. The molecule has 1 unspecified atom stereocenters. The van der Waals surface area contributed by atoms with Crippen molar-refractivity contribution in [1.82, 2.24) is 24.4 Å². The van der Waals surface area contributed by atoms with Crippen molar-refractivity contribution in [3.8, 4) is 0 Å². The summed E-state index contributed by atoms with van der Waals surface area (Å²) in [6.45, 7) is -0.978. The normalized spacial score (nSPS) is 12.2. The molecule has 0 saturated heterocycles. The number of carboxylic acids is 1. The average Bonchev–Trinajstić information content (AvgIpc) is 2.90. The molecule has 2 aromatic heterocycles. The summed E-state index contributed by atoms with van der Waals surface area (Å²) < 4.78 is 1.37. The number of nitrogens with two attached hydrogens (primary N) is 3. The molecule has 2 heterocycles. The van der Waals surface area contributed by atoms with Crippen molar-refractivity contribution in [2.24, 2.45) is 5.73 Å². The van der Waals surface area contributed by atoms with E-state index in [1.165, 1.54) is 10.9 Å². The van der Waals surface area contributed by atoms with Gasteiger partial charge in [0.25, 0.3) is 0 Å². The second-order valence-electron chi connectivity index (χ2n) is 4.92. The zero-order valence-electron chi connectivity index (χ0n) is 12.7. The van der Waals surface area contributed by atoms with Gasteiger partial charge < -0.3 is 36.9 Å². The van der Waals surface area contributed by atoms with Crippen LogP contribution in [0.2, 0.25) is 0 Å². The van der Waals surface area contributed by atoms with Gasteiger partial charge in [-0.3, -0.25) is 4.79 Å². The monoisotopic (exact) mass is 338 g/mol. The fourth-order valence-electron chi connectivity index (χ4n) is 2.24. The number of carboxylic acid groups (broad SMARTS) is 1. The number of nitrogen functional groups attached to an aromatic ring is 2. The van der Waals surface area contributed by atoms with Gasteiger partial charge in [-0.1, -0.05) is 0 Å². The maximum Gasteiger partial charge on any atom is 0.328 e. The molecule has 24 heavy (non-hydrogen) atoms. The topological polar surface area (TPSA) is 200 Å². The van der Waals surface area contributed by atoms with Crippen molar-refractivity contribution in [3.63, 3.8) is 0 Å². The number of hydrogen-bond donors (Lipinski definition) is 5.